The molecule has 6 aromatic rings. The van der Waals surface area contributed by atoms with Crippen molar-refractivity contribution in [2.75, 3.05) is 14.2 Å². The van der Waals surface area contributed by atoms with Gasteiger partial charge in [0.25, 0.3) is 0 Å². The Morgan fingerprint density at radius 2 is 1.23 bits per heavy atom. The molecule has 0 N–H and O–H groups in total. The Morgan fingerprint density at radius 3 is 1.75 bits per heavy atom. The van der Waals surface area contributed by atoms with E-state index in [1.807, 2.05) is 66.9 Å². The van der Waals surface area contributed by atoms with Crippen molar-refractivity contribution < 1.29 is 19.1 Å². The fraction of sp³-hybridized carbons (Fsp3) is 0.200. The number of methoxy groups -OCH3 is 2. The van der Waals surface area contributed by atoms with Crippen molar-refractivity contribution in [1.82, 2.24) is 14.1 Å². The van der Waals surface area contributed by atoms with Gasteiger partial charge in [-0.25, -0.2) is 14.6 Å². The summed E-state index contributed by atoms with van der Waals surface area (Å²) in [6, 6.07) is 33.5. The molecule has 0 aliphatic rings. The number of aryl methyl sites for hydroxylation is 1. The summed E-state index contributed by atoms with van der Waals surface area (Å²) in [7, 11) is 2.79. The SMILES string of the molecule is CCCCc1nc2c(=S)n(Cc3ccc(-c4ccccc4C(=O)OC)cc3)ccc2n1Cc1ccc(-c2ccccc2C(=O)OC)cc1. The van der Waals surface area contributed by atoms with E-state index in [4.69, 9.17) is 26.7 Å². The molecule has 0 fully saturated rings. The number of rotatable bonds is 11. The van der Waals surface area contributed by atoms with Crippen LogP contribution < -0.4 is 0 Å². The van der Waals surface area contributed by atoms with E-state index in [1.54, 1.807) is 12.1 Å². The Labute approximate surface area is 285 Å². The first-order valence-electron chi connectivity index (χ1n) is 16.0. The van der Waals surface area contributed by atoms with Crippen molar-refractivity contribution in [3.8, 4) is 22.3 Å². The zero-order valence-electron chi connectivity index (χ0n) is 27.3. The number of hydrogen-bond acceptors (Lipinski definition) is 6. The van der Waals surface area contributed by atoms with Crippen LogP contribution in [0.25, 0.3) is 33.3 Å². The van der Waals surface area contributed by atoms with Crippen molar-refractivity contribution in [2.45, 2.75) is 39.3 Å². The van der Waals surface area contributed by atoms with Gasteiger partial charge in [0.05, 0.1) is 30.9 Å². The highest BCUT2D eigenvalue weighted by molar-refractivity contribution is 7.71. The lowest BCUT2D eigenvalue weighted by Gasteiger charge is -2.12. The molecule has 0 aliphatic carbocycles. The van der Waals surface area contributed by atoms with Gasteiger partial charge in [0.2, 0.25) is 0 Å². The Bertz CT molecular complexity index is 2150. The molecule has 0 bridgehead atoms. The second-order valence-corrected chi connectivity index (χ2v) is 12.1. The molecule has 0 spiro atoms. The number of aromatic nitrogens is 3. The Hall–Kier alpha value is -5.34. The average molecular weight is 656 g/mol. The highest BCUT2D eigenvalue weighted by Gasteiger charge is 2.16. The van der Waals surface area contributed by atoms with Gasteiger partial charge >= 0.3 is 11.9 Å². The number of nitrogens with zero attached hydrogens (tertiary/aromatic N) is 3. The van der Waals surface area contributed by atoms with Crippen LogP contribution in [0.2, 0.25) is 0 Å². The molecule has 0 saturated heterocycles. The van der Waals surface area contributed by atoms with Crippen LogP contribution in [0.4, 0.5) is 0 Å². The second-order valence-electron chi connectivity index (χ2n) is 11.7. The van der Waals surface area contributed by atoms with Crippen molar-refractivity contribution >= 4 is 35.2 Å². The maximum Gasteiger partial charge on any atom is 0.338 e. The number of unbranched alkanes of at least 4 members (excludes halogenated alkanes) is 1. The summed E-state index contributed by atoms with van der Waals surface area (Å²) in [5.74, 6) is 0.311. The van der Waals surface area contributed by atoms with E-state index in [2.05, 4.69) is 46.4 Å². The summed E-state index contributed by atoms with van der Waals surface area (Å²) in [5.41, 5.74) is 8.70. The molecule has 48 heavy (non-hydrogen) atoms. The minimum absolute atomic E-state index is 0.351. The highest BCUT2D eigenvalue weighted by Crippen LogP contribution is 2.28. The summed E-state index contributed by atoms with van der Waals surface area (Å²) < 4.78 is 15.0. The van der Waals surface area contributed by atoms with Gasteiger partial charge in [-0.1, -0.05) is 110 Å². The van der Waals surface area contributed by atoms with Crippen LogP contribution in [-0.4, -0.2) is 40.3 Å². The van der Waals surface area contributed by atoms with Crippen LogP contribution >= 0.6 is 12.2 Å². The van der Waals surface area contributed by atoms with Gasteiger partial charge < -0.3 is 18.6 Å². The van der Waals surface area contributed by atoms with E-state index in [1.165, 1.54) is 14.2 Å². The van der Waals surface area contributed by atoms with Crippen LogP contribution in [0.1, 0.15) is 57.4 Å². The molecule has 0 atom stereocenters. The third kappa shape index (κ3) is 6.71. The smallest absolute Gasteiger partial charge is 0.338 e. The molecule has 0 saturated carbocycles. The van der Waals surface area contributed by atoms with Crippen LogP contribution in [0.3, 0.4) is 0 Å². The van der Waals surface area contributed by atoms with Gasteiger partial charge in [-0.3, -0.25) is 0 Å². The van der Waals surface area contributed by atoms with Gasteiger partial charge in [0.1, 0.15) is 16.0 Å². The first-order chi connectivity index (χ1) is 23.4. The third-order valence-corrected chi connectivity index (χ3v) is 9.03. The van der Waals surface area contributed by atoms with E-state index in [0.29, 0.717) is 28.9 Å². The molecule has 8 heteroatoms. The normalized spacial score (nSPS) is 11.1. The molecule has 0 amide bonds. The number of benzene rings is 4. The van der Waals surface area contributed by atoms with Gasteiger partial charge in [0.15, 0.2) is 0 Å². The number of hydrogen-bond donors (Lipinski definition) is 0. The van der Waals surface area contributed by atoms with Crippen LogP contribution in [0, 0.1) is 4.64 Å². The van der Waals surface area contributed by atoms with E-state index in [9.17, 15) is 9.59 Å². The molecule has 242 valence electrons. The predicted octanol–water partition coefficient (Wildman–Crippen LogP) is 8.91. The summed E-state index contributed by atoms with van der Waals surface area (Å²) in [6.45, 7) is 3.44. The zero-order valence-corrected chi connectivity index (χ0v) is 28.1. The molecule has 2 heterocycles. The largest absolute Gasteiger partial charge is 0.465 e. The standard InChI is InChI=1S/C40H37N3O4S/c1-4-5-14-36-41-37-35(43(36)26-28-17-21-30(22-18-28)32-11-7-9-13-34(32)40(45)47-3)23-24-42(38(37)48)25-27-15-19-29(20-16-27)31-10-6-8-12-33(31)39(44)46-2/h6-13,15-24H,4-5,14,25-26H2,1-3H3. The molecule has 6 rings (SSSR count). The number of carbonyl (C=O) groups excluding carboxylic acids is 2. The maximum absolute atomic E-state index is 12.3. The number of imidazole rings is 1. The fourth-order valence-corrected chi connectivity index (χ4v) is 6.31. The Balaban J connectivity index is 1.27. The monoisotopic (exact) mass is 655 g/mol. The molecule has 0 radical (unpaired) electrons. The van der Waals surface area contributed by atoms with E-state index < -0.39 is 0 Å². The molecular weight excluding hydrogens is 619 g/mol. The maximum atomic E-state index is 12.3. The number of ether oxygens (including phenoxy) is 2. The lowest BCUT2D eigenvalue weighted by Crippen LogP contribution is -2.06. The quantitative estimate of drug-likeness (QED) is 0.103. The number of carbonyl (C=O) groups is 2. The van der Waals surface area contributed by atoms with Gasteiger partial charge in [-0.05, 0) is 58.0 Å². The molecule has 0 unspecified atom stereocenters. The lowest BCUT2D eigenvalue weighted by atomic mass is 9.98. The Morgan fingerprint density at radius 1 is 0.708 bits per heavy atom. The lowest BCUT2D eigenvalue weighted by molar-refractivity contribution is 0.0592. The molecule has 2 aromatic heterocycles. The molecule has 4 aromatic carbocycles. The number of pyridine rings is 1. The fourth-order valence-electron chi connectivity index (χ4n) is 6.04. The molecule has 0 aliphatic heterocycles. The summed E-state index contributed by atoms with van der Waals surface area (Å²) in [4.78, 5) is 29.7. The van der Waals surface area contributed by atoms with Crippen LogP contribution in [0.15, 0.2) is 109 Å². The number of esters is 2. The van der Waals surface area contributed by atoms with E-state index in [0.717, 1.165) is 69.5 Å². The topological polar surface area (TPSA) is 75.4 Å². The van der Waals surface area contributed by atoms with Gasteiger partial charge in [-0.2, -0.15) is 0 Å². The van der Waals surface area contributed by atoms with Crippen molar-refractivity contribution in [3.05, 3.63) is 142 Å². The van der Waals surface area contributed by atoms with E-state index in [-0.39, 0.29) is 11.9 Å². The predicted molar refractivity (Wildman–Crippen MR) is 192 cm³/mol. The zero-order chi connectivity index (χ0) is 33.6. The summed E-state index contributed by atoms with van der Waals surface area (Å²) in [5, 5.41) is 0. The second kappa shape index (κ2) is 14.6. The van der Waals surface area contributed by atoms with Gasteiger partial charge in [-0.15, -0.1) is 0 Å². The van der Waals surface area contributed by atoms with Crippen LogP contribution in [-0.2, 0) is 29.0 Å². The van der Waals surface area contributed by atoms with Crippen molar-refractivity contribution in [3.63, 3.8) is 0 Å². The van der Waals surface area contributed by atoms with Crippen molar-refractivity contribution in [2.24, 2.45) is 0 Å². The van der Waals surface area contributed by atoms with Gasteiger partial charge in [0, 0.05) is 25.7 Å². The van der Waals surface area contributed by atoms with Crippen molar-refractivity contribution in [1.29, 1.82) is 0 Å². The third-order valence-electron chi connectivity index (χ3n) is 8.60. The molecular formula is C40H37N3O4S. The van der Waals surface area contributed by atoms with Crippen LogP contribution in [0.5, 0.6) is 0 Å². The van der Waals surface area contributed by atoms with E-state index >= 15 is 0 Å². The first-order valence-corrected chi connectivity index (χ1v) is 16.4. The average Bonchev–Trinajstić information content (AvgIpc) is 3.49. The first kappa shape index (κ1) is 32.6. The minimum Gasteiger partial charge on any atom is -0.465 e. The number of fused-ring (bicyclic) bond motifs is 1. The summed E-state index contributed by atoms with van der Waals surface area (Å²) in [6.07, 6.45) is 5.00. The molecule has 7 nitrogen and oxygen atoms in total. The minimum atomic E-state index is -0.356. The highest BCUT2D eigenvalue weighted by atomic mass is 32.1. The Kier molecular flexibility index (Phi) is 9.92. The summed E-state index contributed by atoms with van der Waals surface area (Å²) >= 11 is 6.02.